The Morgan fingerprint density at radius 2 is 1.80 bits per heavy atom. The Labute approximate surface area is 98.0 Å². The van der Waals surface area contributed by atoms with Crippen LogP contribution in [0.4, 0.5) is 0 Å². The van der Waals surface area contributed by atoms with Gasteiger partial charge in [0.05, 0.1) is 5.41 Å². The van der Waals surface area contributed by atoms with Crippen LogP contribution in [0.3, 0.4) is 0 Å². The molecule has 0 aromatic heterocycles. The van der Waals surface area contributed by atoms with Crippen LogP contribution in [0.15, 0.2) is 0 Å². The van der Waals surface area contributed by atoms with Crippen molar-refractivity contribution in [3.05, 3.63) is 0 Å². The summed E-state index contributed by atoms with van der Waals surface area (Å²) in [6.45, 7) is 10.1. The predicted molar refractivity (Wildman–Crippen MR) is 64.1 cm³/mol. The number of carbonyl (C=O) groups excluding carboxylic acids is 1. The van der Waals surface area contributed by atoms with Gasteiger partial charge in [0.1, 0.15) is 0 Å². The fourth-order valence-electron chi connectivity index (χ4n) is 1.80. The van der Waals surface area contributed by atoms with Gasteiger partial charge in [0.2, 0.25) is 5.91 Å². The first-order valence-corrected chi connectivity index (χ1v) is 6.17. The molecule has 0 bridgehead atoms. The average molecular weight is 232 g/mol. The van der Waals surface area contributed by atoms with Crippen molar-refractivity contribution in [1.82, 2.24) is 4.90 Å². The van der Waals surface area contributed by atoms with Gasteiger partial charge in [0.25, 0.3) is 0 Å². The zero-order chi connectivity index (χ0) is 11.7. The zero-order valence-corrected chi connectivity index (χ0v) is 11.0. The topological polar surface area (TPSA) is 20.3 Å². The molecule has 2 nitrogen and oxygen atoms in total. The molecule has 0 aromatic carbocycles. The molecule has 0 aliphatic carbocycles. The van der Waals surface area contributed by atoms with Gasteiger partial charge in [-0.05, 0) is 32.1 Å². The molecule has 0 unspecified atom stereocenters. The lowest BCUT2D eigenvalue weighted by Crippen LogP contribution is -2.47. The van der Waals surface area contributed by atoms with Crippen LogP contribution in [-0.4, -0.2) is 29.8 Å². The smallest absolute Gasteiger partial charge is 0.229 e. The molecule has 88 valence electrons. The number of carbonyl (C=O) groups is 1. The number of rotatable bonds is 2. The fourth-order valence-corrected chi connectivity index (χ4v) is 1.91. The SMILES string of the molecule is CC1(C)CCN(C(=O)C(C)(C)CCl)CC1. The third-order valence-electron chi connectivity index (χ3n) is 3.32. The summed E-state index contributed by atoms with van der Waals surface area (Å²) < 4.78 is 0. The molecule has 1 fully saturated rings. The number of halogens is 1. The highest BCUT2D eigenvalue weighted by atomic mass is 35.5. The molecule has 0 atom stereocenters. The van der Waals surface area contributed by atoms with Crippen molar-refractivity contribution in [1.29, 1.82) is 0 Å². The Kier molecular flexibility index (Phi) is 3.70. The highest BCUT2D eigenvalue weighted by Crippen LogP contribution is 2.32. The molecule has 0 radical (unpaired) electrons. The minimum absolute atomic E-state index is 0.202. The van der Waals surface area contributed by atoms with Crippen LogP contribution in [0, 0.1) is 10.8 Å². The normalized spacial score (nSPS) is 21.5. The molecule has 1 aliphatic heterocycles. The summed E-state index contributed by atoms with van der Waals surface area (Å²) in [4.78, 5) is 14.1. The fraction of sp³-hybridized carbons (Fsp3) is 0.917. The average Bonchev–Trinajstić information content (AvgIpc) is 2.17. The first-order valence-electron chi connectivity index (χ1n) is 5.64. The van der Waals surface area contributed by atoms with E-state index >= 15 is 0 Å². The summed E-state index contributed by atoms with van der Waals surface area (Å²) in [7, 11) is 0. The van der Waals surface area contributed by atoms with Crippen LogP contribution in [0.1, 0.15) is 40.5 Å². The lowest BCUT2D eigenvalue weighted by Gasteiger charge is -2.39. The summed E-state index contributed by atoms with van der Waals surface area (Å²) in [6.07, 6.45) is 2.19. The maximum absolute atomic E-state index is 12.1. The van der Waals surface area contributed by atoms with E-state index in [1.165, 1.54) is 0 Å². The van der Waals surface area contributed by atoms with E-state index in [2.05, 4.69) is 13.8 Å². The monoisotopic (exact) mass is 231 g/mol. The second-order valence-electron chi connectivity index (χ2n) is 5.97. The maximum Gasteiger partial charge on any atom is 0.229 e. The first kappa shape index (κ1) is 12.8. The van der Waals surface area contributed by atoms with Gasteiger partial charge in [0.15, 0.2) is 0 Å². The van der Waals surface area contributed by atoms with E-state index in [0.717, 1.165) is 25.9 Å². The van der Waals surface area contributed by atoms with Crippen molar-refractivity contribution in [3.63, 3.8) is 0 Å². The maximum atomic E-state index is 12.1. The van der Waals surface area contributed by atoms with E-state index in [-0.39, 0.29) is 5.91 Å². The third kappa shape index (κ3) is 3.10. The molecule has 0 aromatic rings. The molecule has 1 amide bonds. The molecule has 15 heavy (non-hydrogen) atoms. The van der Waals surface area contributed by atoms with Crippen LogP contribution in [-0.2, 0) is 4.79 Å². The van der Waals surface area contributed by atoms with Crippen molar-refractivity contribution in [3.8, 4) is 0 Å². The van der Waals surface area contributed by atoms with E-state index in [1.807, 2.05) is 18.7 Å². The van der Waals surface area contributed by atoms with E-state index in [4.69, 9.17) is 11.6 Å². The number of amides is 1. The van der Waals surface area contributed by atoms with Crippen LogP contribution in [0.25, 0.3) is 0 Å². The van der Waals surface area contributed by atoms with Gasteiger partial charge in [-0.25, -0.2) is 0 Å². The van der Waals surface area contributed by atoms with Gasteiger partial charge in [-0.15, -0.1) is 11.6 Å². The predicted octanol–water partition coefficient (Wildman–Crippen LogP) is 2.90. The highest BCUT2D eigenvalue weighted by Gasteiger charge is 2.35. The lowest BCUT2D eigenvalue weighted by atomic mass is 9.81. The van der Waals surface area contributed by atoms with E-state index in [1.54, 1.807) is 0 Å². The van der Waals surface area contributed by atoms with Gasteiger partial charge < -0.3 is 4.90 Å². The molecule has 0 saturated carbocycles. The van der Waals surface area contributed by atoms with Crippen molar-refractivity contribution < 1.29 is 4.79 Å². The van der Waals surface area contributed by atoms with Crippen molar-refractivity contribution in [2.45, 2.75) is 40.5 Å². The summed E-state index contributed by atoms with van der Waals surface area (Å²) in [5, 5.41) is 0. The molecular formula is C12H22ClNO. The van der Waals surface area contributed by atoms with Gasteiger partial charge in [-0.1, -0.05) is 13.8 Å². The largest absolute Gasteiger partial charge is 0.342 e. The molecule has 1 rings (SSSR count). The van der Waals surface area contributed by atoms with Crippen molar-refractivity contribution in [2.75, 3.05) is 19.0 Å². The number of nitrogens with zero attached hydrogens (tertiary/aromatic N) is 1. The second-order valence-corrected chi connectivity index (χ2v) is 6.24. The summed E-state index contributed by atoms with van der Waals surface area (Å²) >= 11 is 5.82. The molecule has 1 heterocycles. The van der Waals surface area contributed by atoms with Gasteiger partial charge >= 0.3 is 0 Å². The molecule has 3 heteroatoms. The third-order valence-corrected chi connectivity index (χ3v) is 3.99. The minimum atomic E-state index is -0.414. The van der Waals surface area contributed by atoms with Crippen LogP contribution >= 0.6 is 11.6 Å². The Balaban J connectivity index is 2.58. The van der Waals surface area contributed by atoms with Gasteiger partial charge in [-0.3, -0.25) is 4.79 Å². The Morgan fingerprint density at radius 1 is 1.33 bits per heavy atom. The molecule has 1 aliphatic rings. The summed E-state index contributed by atoms with van der Waals surface area (Å²) in [5.41, 5.74) is -0.0229. The zero-order valence-electron chi connectivity index (χ0n) is 10.3. The lowest BCUT2D eigenvalue weighted by molar-refractivity contribution is -0.141. The van der Waals surface area contributed by atoms with Crippen molar-refractivity contribution >= 4 is 17.5 Å². The van der Waals surface area contributed by atoms with E-state index in [0.29, 0.717) is 11.3 Å². The molecular weight excluding hydrogens is 210 g/mol. The Morgan fingerprint density at radius 3 is 2.20 bits per heavy atom. The quantitative estimate of drug-likeness (QED) is 0.670. The first-order chi connectivity index (χ1) is 6.78. The number of hydrogen-bond acceptors (Lipinski definition) is 1. The van der Waals surface area contributed by atoms with Crippen LogP contribution in [0.5, 0.6) is 0 Å². The standard InChI is InChI=1S/C12H22ClNO/c1-11(2)5-7-14(8-6-11)10(15)12(3,4)9-13/h5-9H2,1-4H3. The van der Waals surface area contributed by atoms with E-state index < -0.39 is 5.41 Å². The van der Waals surface area contributed by atoms with Crippen molar-refractivity contribution in [2.24, 2.45) is 10.8 Å². The Bertz CT molecular complexity index is 238. The van der Waals surface area contributed by atoms with Crippen LogP contribution in [0.2, 0.25) is 0 Å². The number of alkyl halides is 1. The molecule has 0 spiro atoms. The van der Waals surface area contributed by atoms with Gasteiger partial charge in [0, 0.05) is 19.0 Å². The van der Waals surface area contributed by atoms with E-state index in [9.17, 15) is 4.79 Å². The van der Waals surface area contributed by atoms with Crippen LogP contribution < -0.4 is 0 Å². The molecule has 1 saturated heterocycles. The summed E-state index contributed by atoms with van der Waals surface area (Å²) in [6, 6.07) is 0. The van der Waals surface area contributed by atoms with Gasteiger partial charge in [-0.2, -0.15) is 0 Å². The second kappa shape index (κ2) is 4.32. The summed E-state index contributed by atoms with van der Waals surface area (Å²) in [5.74, 6) is 0.596. The number of likely N-dealkylation sites (tertiary alicyclic amines) is 1. The minimum Gasteiger partial charge on any atom is -0.342 e. The molecule has 0 N–H and O–H groups in total. The highest BCUT2D eigenvalue weighted by molar-refractivity contribution is 6.19. The Hall–Kier alpha value is -0.240. The number of hydrogen-bond donors (Lipinski definition) is 0. The number of piperidine rings is 1.